The highest BCUT2D eigenvalue weighted by Crippen LogP contribution is 2.30. The second kappa shape index (κ2) is 9.54. The predicted molar refractivity (Wildman–Crippen MR) is 109 cm³/mol. The number of aromatic amines is 1. The van der Waals surface area contributed by atoms with Gasteiger partial charge in [-0.1, -0.05) is 61.9 Å². The number of carboxylic acids is 1. The van der Waals surface area contributed by atoms with Gasteiger partial charge in [-0.2, -0.15) is 5.21 Å². The summed E-state index contributed by atoms with van der Waals surface area (Å²) in [5.74, 6) is -0.700. The van der Waals surface area contributed by atoms with Crippen LogP contribution in [0.25, 0.3) is 22.5 Å². The summed E-state index contributed by atoms with van der Waals surface area (Å²) >= 11 is 0. The van der Waals surface area contributed by atoms with Gasteiger partial charge in [-0.05, 0) is 28.3 Å². The van der Waals surface area contributed by atoms with Crippen molar-refractivity contribution >= 4 is 11.8 Å². The van der Waals surface area contributed by atoms with Crippen LogP contribution in [0.1, 0.15) is 31.7 Å². The molecule has 0 aliphatic heterocycles. The molecule has 29 heavy (non-hydrogen) atoms. The van der Waals surface area contributed by atoms with Crippen molar-refractivity contribution in [3.05, 3.63) is 65.7 Å². The molecule has 3 aromatic rings. The lowest BCUT2D eigenvalue weighted by Gasteiger charge is -2.09. The Labute approximate surface area is 168 Å². The quantitative estimate of drug-likeness (QED) is 0.537. The molecule has 0 fully saturated rings. The number of rotatable bonds is 9. The fourth-order valence-electron chi connectivity index (χ4n) is 3.10. The normalized spacial score (nSPS) is 11.4. The van der Waals surface area contributed by atoms with Crippen molar-refractivity contribution in [1.82, 2.24) is 20.6 Å². The first-order valence-electron chi connectivity index (χ1n) is 9.47. The van der Waals surface area contributed by atoms with Gasteiger partial charge in [-0.15, -0.1) is 10.2 Å². The lowest BCUT2D eigenvalue weighted by molar-refractivity contribution is -0.131. The fourth-order valence-corrected chi connectivity index (χ4v) is 3.10. The summed E-state index contributed by atoms with van der Waals surface area (Å²) in [6.45, 7) is 2.00. The number of benzene rings is 2. The number of tetrazole rings is 1. The van der Waals surface area contributed by atoms with E-state index in [1.54, 1.807) is 0 Å². The Hall–Kier alpha value is -3.61. The van der Waals surface area contributed by atoms with E-state index in [0.717, 1.165) is 41.2 Å². The van der Waals surface area contributed by atoms with Gasteiger partial charge >= 0.3 is 5.97 Å². The van der Waals surface area contributed by atoms with Crippen molar-refractivity contribution in [2.75, 3.05) is 0 Å². The number of H-pyrrole nitrogens is 1. The number of carbonyl (C=O) groups excluding carboxylic acids is 1. The highest BCUT2D eigenvalue weighted by molar-refractivity contribution is 6.00. The van der Waals surface area contributed by atoms with Gasteiger partial charge in [0.25, 0.3) is 0 Å². The number of hydrogen-bond acceptors (Lipinski definition) is 5. The minimum Gasteiger partial charge on any atom is -0.478 e. The molecule has 1 heterocycles. The van der Waals surface area contributed by atoms with Crippen molar-refractivity contribution in [1.29, 1.82) is 0 Å². The van der Waals surface area contributed by atoms with E-state index < -0.39 is 5.97 Å². The van der Waals surface area contributed by atoms with E-state index in [4.69, 9.17) is 5.11 Å². The SMILES string of the molecule is CCCCC(=O)/C(=C/C(=O)O)Cc1ccc(-c2ccccc2-c2nn[nH]n2)cc1. The third-order valence-corrected chi connectivity index (χ3v) is 4.59. The van der Waals surface area contributed by atoms with Crippen LogP contribution in [-0.4, -0.2) is 37.5 Å². The van der Waals surface area contributed by atoms with Gasteiger partial charge in [-0.3, -0.25) is 4.79 Å². The number of ketones is 1. The van der Waals surface area contributed by atoms with Crippen molar-refractivity contribution < 1.29 is 14.7 Å². The van der Waals surface area contributed by atoms with Gasteiger partial charge < -0.3 is 5.11 Å². The molecule has 0 aliphatic carbocycles. The number of aromatic nitrogens is 4. The molecule has 7 nitrogen and oxygen atoms in total. The third kappa shape index (κ3) is 5.22. The average Bonchev–Trinajstić information content (AvgIpc) is 3.26. The van der Waals surface area contributed by atoms with E-state index in [2.05, 4.69) is 20.6 Å². The van der Waals surface area contributed by atoms with E-state index in [1.165, 1.54) is 0 Å². The fraction of sp³-hybridized carbons (Fsp3) is 0.227. The molecule has 2 aromatic carbocycles. The molecule has 1 aromatic heterocycles. The molecule has 3 rings (SSSR count). The summed E-state index contributed by atoms with van der Waals surface area (Å²) in [6, 6.07) is 15.5. The van der Waals surface area contributed by atoms with E-state index >= 15 is 0 Å². The topological polar surface area (TPSA) is 109 Å². The van der Waals surface area contributed by atoms with Crippen LogP contribution in [0.15, 0.2) is 60.2 Å². The number of hydrogen-bond donors (Lipinski definition) is 2. The Kier molecular flexibility index (Phi) is 6.63. The van der Waals surface area contributed by atoms with E-state index in [-0.39, 0.29) is 5.78 Å². The van der Waals surface area contributed by atoms with Gasteiger partial charge in [0.15, 0.2) is 5.78 Å². The summed E-state index contributed by atoms with van der Waals surface area (Å²) in [5, 5.41) is 23.3. The van der Waals surface area contributed by atoms with Crippen molar-refractivity contribution in [2.24, 2.45) is 0 Å². The second-order valence-electron chi connectivity index (χ2n) is 6.69. The first-order chi connectivity index (χ1) is 14.1. The number of Topliss-reactive ketones (excluding diaryl/α,β-unsaturated/α-hetero) is 1. The molecule has 0 radical (unpaired) electrons. The van der Waals surface area contributed by atoms with Crippen LogP contribution in [0, 0.1) is 0 Å². The van der Waals surface area contributed by atoms with Crippen LogP contribution in [-0.2, 0) is 16.0 Å². The zero-order valence-electron chi connectivity index (χ0n) is 16.1. The summed E-state index contributed by atoms with van der Waals surface area (Å²) in [7, 11) is 0. The summed E-state index contributed by atoms with van der Waals surface area (Å²) < 4.78 is 0. The number of allylic oxidation sites excluding steroid dienone is 1. The number of nitrogens with zero attached hydrogens (tertiary/aromatic N) is 3. The summed E-state index contributed by atoms with van der Waals surface area (Å²) in [4.78, 5) is 23.5. The van der Waals surface area contributed by atoms with Crippen LogP contribution in [0.2, 0.25) is 0 Å². The molecular weight excluding hydrogens is 368 g/mol. The standard InChI is InChI=1S/C22H22N4O3/c1-2-3-8-20(27)17(14-21(28)29)13-15-9-11-16(12-10-15)18-6-4-5-7-19(18)22-23-25-26-24-22/h4-7,9-12,14H,2-3,8,13H2,1H3,(H,28,29)(H,23,24,25,26)/b17-14+. The summed E-state index contributed by atoms with van der Waals surface area (Å²) in [5.41, 5.74) is 3.99. The van der Waals surface area contributed by atoms with Crippen molar-refractivity contribution in [3.8, 4) is 22.5 Å². The molecule has 0 atom stereocenters. The second-order valence-corrected chi connectivity index (χ2v) is 6.69. The zero-order valence-corrected chi connectivity index (χ0v) is 16.1. The minimum absolute atomic E-state index is 0.110. The average molecular weight is 390 g/mol. The zero-order chi connectivity index (χ0) is 20.6. The number of aliphatic carboxylic acids is 1. The first-order valence-corrected chi connectivity index (χ1v) is 9.47. The Morgan fingerprint density at radius 2 is 1.79 bits per heavy atom. The number of nitrogens with one attached hydrogen (secondary N) is 1. The van der Waals surface area contributed by atoms with Gasteiger partial charge in [-0.25, -0.2) is 4.79 Å². The Balaban J connectivity index is 1.84. The molecule has 0 unspecified atom stereocenters. The number of unbranched alkanes of at least 4 members (excludes halogenated alkanes) is 1. The maximum Gasteiger partial charge on any atom is 0.328 e. The van der Waals surface area contributed by atoms with E-state index in [9.17, 15) is 9.59 Å². The molecular formula is C22H22N4O3. The van der Waals surface area contributed by atoms with Crippen LogP contribution in [0.5, 0.6) is 0 Å². The minimum atomic E-state index is -1.10. The lowest BCUT2D eigenvalue weighted by Crippen LogP contribution is -2.08. The lowest BCUT2D eigenvalue weighted by atomic mass is 9.95. The monoisotopic (exact) mass is 390 g/mol. The van der Waals surface area contributed by atoms with Gasteiger partial charge in [0.05, 0.1) is 0 Å². The molecule has 2 N–H and O–H groups in total. The molecule has 7 heteroatoms. The van der Waals surface area contributed by atoms with E-state index in [1.807, 2.05) is 55.5 Å². The van der Waals surface area contributed by atoms with Crippen LogP contribution < -0.4 is 0 Å². The Bertz CT molecular complexity index is 1010. The van der Waals surface area contributed by atoms with Crippen LogP contribution >= 0.6 is 0 Å². The molecule has 148 valence electrons. The van der Waals surface area contributed by atoms with Gasteiger partial charge in [0.1, 0.15) is 0 Å². The summed E-state index contributed by atoms with van der Waals surface area (Å²) in [6.07, 6.45) is 3.33. The molecule has 0 spiro atoms. The molecule has 0 bridgehead atoms. The Morgan fingerprint density at radius 1 is 1.07 bits per heavy atom. The van der Waals surface area contributed by atoms with Crippen molar-refractivity contribution in [3.63, 3.8) is 0 Å². The maximum absolute atomic E-state index is 12.4. The third-order valence-electron chi connectivity index (χ3n) is 4.59. The number of carboxylic acid groups (broad SMARTS) is 1. The van der Waals surface area contributed by atoms with Crippen LogP contribution in [0.4, 0.5) is 0 Å². The Morgan fingerprint density at radius 3 is 2.41 bits per heavy atom. The highest BCUT2D eigenvalue weighted by atomic mass is 16.4. The molecule has 0 saturated carbocycles. The largest absolute Gasteiger partial charge is 0.478 e. The van der Waals surface area contributed by atoms with Gasteiger partial charge in [0.2, 0.25) is 5.82 Å². The van der Waals surface area contributed by atoms with Gasteiger partial charge in [0, 0.05) is 30.1 Å². The predicted octanol–water partition coefficient (Wildman–Crippen LogP) is 3.85. The maximum atomic E-state index is 12.4. The number of carbonyl (C=O) groups is 2. The van der Waals surface area contributed by atoms with E-state index in [0.29, 0.717) is 24.2 Å². The highest BCUT2D eigenvalue weighted by Gasteiger charge is 2.13. The molecule has 0 aliphatic rings. The molecule has 0 saturated heterocycles. The van der Waals surface area contributed by atoms with Crippen LogP contribution in [0.3, 0.4) is 0 Å². The molecule has 0 amide bonds. The first kappa shape index (κ1) is 20.1. The van der Waals surface area contributed by atoms with Crippen molar-refractivity contribution in [2.45, 2.75) is 32.6 Å². The smallest absolute Gasteiger partial charge is 0.328 e.